The van der Waals surface area contributed by atoms with Gasteiger partial charge in [-0.3, -0.25) is 9.59 Å². The first-order valence-corrected chi connectivity index (χ1v) is 18.0. The van der Waals surface area contributed by atoms with Gasteiger partial charge in [-0.15, -0.1) is 0 Å². The van der Waals surface area contributed by atoms with Crippen LogP contribution < -0.4 is 74.2 Å². The molecule has 0 rings (SSSR count). The van der Waals surface area contributed by atoms with Crippen molar-refractivity contribution in [3.05, 3.63) is 0 Å². The summed E-state index contributed by atoms with van der Waals surface area (Å²) in [6, 6.07) is 0. The van der Waals surface area contributed by atoms with Crippen LogP contribution in [0.1, 0.15) is 149 Å². The molecule has 13 heteroatoms. The maximum absolute atomic E-state index is 12.1. The summed E-state index contributed by atoms with van der Waals surface area (Å²) in [5, 5.41) is 2.83. The Morgan fingerprint density at radius 2 is 1.16 bits per heavy atom. The Hall–Kier alpha value is 0.970. The molecule has 0 aliphatic rings. The first-order chi connectivity index (χ1) is 20.2. The van der Waals surface area contributed by atoms with Gasteiger partial charge >= 0.3 is 65.1 Å². The molecular formula is C31H60NNa2O9P. The summed E-state index contributed by atoms with van der Waals surface area (Å²) < 4.78 is 31.3. The van der Waals surface area contributed by atoms with Gasteiger partial charge in [0.1, 0.15) is 12.9 Å². The summed E-state index contributed by atoms with van der Waals surface area (Å²) in [6.45, 7) is 4.40. The third-order valence-corrected chi connectivity index (χ3v) is 7.48. The summed E-state index contributed by atoms with van der Waals surface area (Å²) in [5.74, 6) is -0.405. The molecule has 1 amide bonds. The minimum absolute atomic E-state index is 0. The van der Waals surface area contributed by atoms with E-state index in [1.54, 1.807) is 6.92 Å². The van der Waals surface area contributed by atoms with Crippen molar-refractivity contribution in [2.24, 2.45) is 0 Å². The molecule has 0 aromatic carbocycles. The Labute approximate surface area is 312 Å². The van der Waals surface area contributed by atoms with Gasteiger partial charge in [0.25, 0.3) is 0 Å². The molecule has 0 aromatic heterocycles. The molecule has 44 heavy (non-hydrogen) atoms. The number of amides is 1. The molecule has 0 aliphatic carbocycles. The molecule has 0 aliphatic heterocycles. The minimum atomic E-state index is -5.17. The fraction of sp³-hybridized carbons (Fsp3) is 0.935. The first-order valence-electron chi connectivity index (χ1n) is 16.5. The van der Waals surface area contributed by atoms with Crippen molar-refractivity contribution < 1.29 is 102 Å². The maximum Gasteiger partial charge on any atom is 1.00 e. The third-order valence-electron chi connectivity index (χ3n) is 7.01. The van der Waals surface area contributed by atoms with E-state index in [4.69, 9.17) is 14.2 Å². The number of phosphoric acid groups is 1. The van der Waals surface area contributed by atoms with Gasteiger partial charge in [-0.05, 0) is 19.3 Å². The van der Waals surface area contributed by atoms with E-state index >= 15 is 0 Å². The van der Waals surface area contributed by atoms with Crippen molar-refractivity contribution in [1.82, 2.24) is 5.32 Å². The van der Waals surface area contributed by atoms with Crippen LogP contribution in [-0.2, 0) is 32.9 Å². The molecule has 1 N–H and O–H groups in total. The molecule has 0 fully saturated rings. The molecule has 0 aromatic rings. The average Bonchev–Trinajstić information content (AvgIpc) is 2.93. The Kier molecular flexibility index (Phi) is 41.3. The van der Waals surface area contributed by atoms with Crippen molar-refractivity contribution in [2.75, 3.05) is 33.2 Å². The van der Waals surface area contributed by atoms with Gasteiger partial charge in [0.2, 0.25) is 5.91 Å². The van der Waals surface area contributed by atoms with Crippen LogP contribution in [-0.4, -0.2) is 51.1 Å². The van der Waals surface area contributed by atoms with Crippen LogP contribution in [0.25, 0.3) is 0 Å². The van der Waals surface area contributed by atoms with E-state index in [2.05, 4.69) is 16.8 Å². The molecule has 0 spiro atoms. The number of ether oxygens (including phenoxy) is 3. The number of carbonyl (C=O) groups excluding carboxylic acids is 2. The standard InChI is InChI=1S/C31H62NO9P.2Na/c1-3-4-5-6-14-17-20-23-31(34)41-30(27-40-42(35,36)37)26-39-28-38-25-22-19-16-13-11-9-7-8-10-12-15-18-21-24-32-29(2)33;;/h30H,3-28H2,1-2H3,(H,32,33)(H2,35,36,37);;/q;2*+1/p-2/t30-;;/m1../s1. The summed E-state index contributed by atoms with van der Waals surface area (Å²) in [7, 11) is -5.17. The van der Waals surface area contributed by atoms with Gasteiger partial charge in [-0.1, -0.05) is 116 Å². The normalized spacial score (nSPS) is 11.8. The maximum atomic E-state index is 12.1. The van der Waals surface area contributed by atoms with E-state index in [-0.39, 0.29) is 84.8 Å². The number of esters is 1. The number of nitrogens with one attached hydrogen (secondary N) is 1. The van der Waals surface area contributed by atoms with Gasteiger partial charge in [-0.25, -0.2) is 0 Å². The van der Waals surface area contributed by atoms with Crippen LogP contribution in [0.15, 0.2) is 0 Å². The molecule has 250 valence electrons. The van der Waals surface area contributed by atoms with Crippen molar-refractivity contribution in [3.8, 4) is 0 Å². The van der Waals surface area contributed by atoms with E-state index < -0.39 is 26.5 Å². The van der Waals surface area contributed by atoms with E-state index in [9.17, 15) is 23.9 Å². The van der Waals surface area contributed by atoms with Gasteiger partial charge in [-0.2, -0.15) is 0 Å². The van der Waals surface area contributed by atoms with E-state index in [1.165, 1.54) is 83.5 Å². The Morgan fingerprint density at radius 1 is 0.682 bits per heavy atom. The Morgan fingerprint density at radius 3 is 1.66 bits per heavy atom. The first kappa shape index (κ1) is 49.4. The van der Waals surface area contributed by atoms with Crippen LogP contribution in [0.2, 0.25) is 0 Å². The smallest absolute Gasteiger partial charge is 0.790 e. The van der Waals surface area contributed by atoms with Crippen LogP contribution in [0, 0.1) is 0 Å². The molecule has 1 atom stereocenters. The number of rotatable bonds is 32. The van der Waals surface area contributed by atoms with E-state index in [1.807, 2.05) is 0 Å². The fourth-order valence-electron chi connectivity index (χ4n) is 4.60. The number of phosphoric ester groups is 1. The predicted octanol–water partition coefficient (Wildman–Crippen LogP) is 0.0903. The third kappa shape index (κ3) is 41.0. The predicted molar refractivity (Wildman–Crippen MR) is 162 cm³/mol. The topological polar surface area (TPSA) is 146 Å². The minimum Gasteiger partial charge on any atom is -0.790 e. The van der Waals surface area contributed by atoms with Crippen molar-refractivity contribution in [2.45, 2.75) is 155 Å². The zero-order valence-electron chi connectivity index (χ0n) is 28.6. The van der Waals surface area contributed by atoms with Crippen LogP contribution in [0.4, 0.5) is 0 Å². The Balaban J connectivity index is -0.00000840. The molecule has 0 bridgehead atoms. The Bertz CT molecular complexity index is 687. The quantitative estimate of drug-likeness (QED) is 0.0347. The number of carbonyl (C=O) groups is 2. The van der Waals surface area contributed by atoms with Crippen LogP contribution in [0.3, 0.4) is 0 Å². The van der Waals surface area contributed by atoms with Gasteiger partial charge in [0.05, 0.1) is 21.0 Å². The molecule has 0 heterocycles. The van der Waals surface area contributed by atoms with E-state index in [0.29, 0.717) is 13.0 Å². The number of hydrogen-bond donors (Lipinski definition) is 1. The molecule has 0 unspecified atom stereocenters. The largest absolute Gasteiger partial charge is 1.00 e. The SMILES string of the molecule is CCCCCCCCCC(=O)O[C@H](COCOCCCCCCCCCCCCCCCNC(C)=O)COP(=O)([O-])[O-].[Na+].[Na+]. The number of hydrogen-bond acceptors (Lipinski definition) is 9. The second-order valence-electron chi connectivity index (χ2n) is 11.2. The zero-order valence-corrected chi connectivity index (χ0v) is 33.5. The molecule has 0 radical (unpaired) electrons. The van der Waals surface area contributed by atoms with Crippen LogP contribution in [0.5, 0.6) is 0 Å². The van der Waals surface area contributed by atoms with Crippen molar-refractivity contribution in [3.63, 3.8) is 0 Å². The summed E-state index contributed by atoms with van der Waals surface area (Å²) >= 11 is 0. The van der Waals surface area contributed by atoms with E-state index in [0.717, 1.165) is 45.1 Å². The van der Waals surface area contributed by atoms with Crippen molar-refractivity contribution in [1.29, 1.82) is 0 Å². The monoisotopic (exact) mass is 667 g/mol. The fourth-order valence-corrected chi connectivity index (χ4v) is 4.95. The molecular weight excluding hydrogens is 607 g/mol. The second kappa shape index (κ2) is 36.8. The molecule has 10 nitrogen and oxygen atoms in total. The van der Waals surface area contributed by atoms with Gasteiger partial charge < -0.3 is 38.4 Å². The average molecular weight is 668 g/mol. The number of unbranched alkanes of at least 4 members (excludes halogenated alkanes) is 18. The second-order valence-corrected chi connectivity index (χ2v) is 12.4. The van der Waals surface area contributed by atoms with Crippen LogP contribution >= 0.6 is 7.82 Å². The van der Waals surface area contributed by atoms with Crippen molar-refractivity contribution >= 4 is 19.7 Å². The summed E-state index contributed by atoms with van der Waals surface area (Å²) in [5.41, 5.74) is 0. The van der Waals surface area contributed by atoms with Gasteiger partial charge in [0, 0.05) is 26.5 Å². The molecule has 0 saturated heterocycles. The summed E-state index contributed by atoms with van der Waals surface area (Å²) in [4.78, 5) is 44.6. The summed E-state index contributed by atoms with van der Waals surface area (Å²) in [6.07, 6.45) is 22.4. The zero-order chi connectivity index (χ0) is 31.2. The van der Waals surface area contributed by atoms with Gasteiger partial charge in [0.15, 0.2) is 0 Å². The molecule has 0 saturated carbocycles.